The number of anilines is 1. The fraction of sp³-hybridized carbons (Fsp3) is 0.150. The number of hydrogen-bond acceptors (Lipinski definition) is 4. The highest BCUT2D eigenvalue weighted by Gasteiger charge is 2.17. The third-order valence-electron chi connectivity index (χ3n) is 4.02. The highest BCUT2D eigenvalue weighted by molar-refractivity contribution is 9.10. The molecule has 0 saturated carbocycles. The van der Waals surface area contributed by atoms with Crippen molar-refractivity contribution >= 4 is 45.0 Å². The van der Waals surface area contributed by atoms with Crippen molar-refractivity contribution in [1.29, 1.82) is 0 Å². The zero-order valence-corrected chi connectivity index (χ0v) is 18.0. The molecule has 1 aromatic heterocycles. The summed E-state index contributed by atoms with van der Waals surface area (Å²) in [5.74, 6) is -0.137. The highest BCUT2D eigenvalue weighted by atomic mass is 79.9. The van der Waals surface area contributed by atoms with Crippen LogP contribution in [0.4, 0.5) is 5.69 Å². The summed E-state index contributed by atoms with van der Waals surface area (Å²) in [6, 6.07) is 12.4. The molecule has 2 N–H and O–H groups in total. The third-order valence-corrected chi connectivity index (χ3v) is 4.81. The molecule has 9 heteroatoms. The van der Waals surface area contributed by atoms with Crippen LogP contribution in [0.3, 0.4) is 0 Å². The van der Waals surface area contributed by atoms with Crippen molar-refractivity contribution in [2.45, 2.75) is 6.61 Å². The lowest BCUT2D eigenvalue weighted by molar-refractivity contribution is 0.0958. The maximum Gasteiger partial charge on any atom is 0.273 e. The smallest absolute Gasteiger partial charge is 0.273 e. The second-order valence-corrected chi connectivity index (χ2v) is 7.48. The Balaban J connectivity index is 1.65. The maximum absolute atomic E-state index is 12.5. The van der Waals surface area contributed by atoms with Gasteiger partial charge < -0.3 is 15.4 Å². The van der Waals surface area contributed by atoms with Crippen LogP contribution in [0.1, 0.15) is 26.4 Å². The standard InChI is InChI=1S/C20H18BrClN4O3/c1-23-20(28)18-16(10-26(2)25-18)24-19(27)13-5-3-12(4-6-13)11-29-17-8-7-14(21)9-15(17)22/h3-10H,11H2,1-2H3,(H,23,28)(H,24,27). The van der Waals surface area contributed by atoms with Crippen molar-refractivity contribution in [3.63, 3.8) is 0 Å². The molecule has 1 heterocycles. The van der Waals surface area contributed by atoms with E-state index in [9.17, 15) is 9.59 Å². The lowest BCUT2D eigenvalue weighted by atomic mass is 10.1. The Hall–Kier alpha value is -2.84. The fourth-order valence-corrected chi connectivity index (χ4v) is 3.29. The molecule has 0 aliphatic heterocycles. The number of halogens is 2. The van der Waals surface area contributed by atoms with E-state index in [4.69, 9.17) is 16.3 Å². The molecule has 0 aliphatic carbocycles. The first-order valence-corrected chi connectivity index (χ1v) is 9.78. The van der Waals surface area contributed by atoms with Gasteiger partial charge in [-0.15, -0.1) is 0 Å². The van der Waals surface area contributed by atoms with Crippen LogP contribution < -0.4 is 15.4 Å². The number of carbonyl (C=O) groups is 2. The lowest BCUT2D eigenvalue weighted by Gasteiger charge is -2.09. The Bertz CT molecular complexity index is 1050. The van der Waals surface area contributed by atoms with E-state index in [1.165, 1.54) is 11.7 Å². The van der Waals surface area contributed by atoms with Crippen LogP contribution in [-0.4, -0.2) is 28.6 Å². The van der Waals surface area contributed by atoms with Crippen LogP contribution >= 0.6 is 27.5 Å². The molecular weight excluding hydrogens is 460 g/mol. The number of nitrogens with one attached hydrogen (secondary N) is 2. The van der Waals surface area contributed by atoms with Gasteiger partial charge in [-0.05, 0) is 35.9 Å². The van der Waals surface area contributed by atoms with Crippen LogP contribution in [0.15, 0.2) is 53.1 Å². The van der Waals surface area contributed by atoms with E-state index in [0.717, 1.165) is 10.0 Å². The van der Waals surface area contributed by atoms with E-state index in [0.29, 0.717) is 28.6 Å². The van der Waals surface area contributed by atoms with Crippen LogP contribution in [0.2, 0.25) is 5.02 Å². The topological polar surface area (TPSA) is 85.3 Å². The van der Waals surface area contributed by atoms with Crippen molar-refractivity contribution in [1.82, 2.24) is 15.1 Å². The first kappa shape index (κ1) is 20.9. The fourth-order valence-electron chi connectivity index (χ4n) is 2.57. The van der Waals surface area contributed by atoms with Gasteiger partial charge in [0, 0.05) is 30.3 Å². The first-order valence-electron chi connectivity index (χ1n) is 8.61. The van der Waals surface area contributed by atoms with Gasteiger partial charge in [0.1, 0.15) is 12.4 Å². The predicted molar refractivity (Wildman–Crippen MR) is 114 cm³/mol. The van der Waals surface area contributed by atoms with Crippen molar-refractivity contribution in [3.05, 3.63) is 75.0 Å². The van der Waals surface area contributed by atoms with E-state index in [1.807, 2.05) is 6.07 Å². The van der Waals surface area contributed by atoms with Gasteiger partial charge in [-0.3, -0.25) is 14.3 Å². The number of rotatable bonds is 6. The second-order valence-electron chi connectivity index (χ2n) is 6.16. The number of aromatic nitrogens is 2. The summed E-state index contributed by atoms with van der Waals surface area (Å²) in [5.41, 5.74) is 1.82. The summed E-state index contributed by atoms with van der Waals surface area (Å²) in [7, 11) is 3.18. The van der Waals surface area contributed by atoms with E-state index < -0.39 is 0 Å². The van der Waals surface area contributed by atoms with Gasteiger partial charge in [0.05, 0.1) is 10.7 Å². The first-order chi connectivity index (χ1) is 13.9. The lowest BCUT2D eigenvalue weighted by Crippen LogP contribution is -2.21. The quantitative estimate of drug-likeness (QED) is 0.561. The van der Waals surface area contributed by atoms with Gasteiger partial charge in [0.15, 0.2) is 5.69 Å². The van der Waals surface area contributed by atoms with E-state index >= 15 is 0 Å². The molecule has 0 saturated heterocycles. The Morgan fingerprint density at radius 2 is 1.90 bits per heavy atom. The largest absolute Gasteiger partial charge is 0.487 e. The molecule has 0 bridgehead atoms. The van der Waals surface area contributed by atoms with Crippen LogP contribution in [0.5, 0.6) is 5.75 Å². The number of carbonyl (C=O) groups excluding carboxylic acids is 2. The van der Waals surface area contributed by atoms with Crippen LogP contribution in [-0.2, 0) is 13.7 Å². The summed E-state index contributed by atoms with van der Waals surface area (Å²) in [6.07, 6.45) is 1.58. The van der Waals surface area contributed by atoms with Gasteiger partial charge in [-0.1, -0.05) is 39.7 Å². The van der Waals surface area contributed by atoms with E-state index in [1.54, 1.807) is 49.6 Å². The summed E-state index contributed by atoms with van der Waals surface area (Å²) in [5, 5.41) is 9.79. The molecule has 0 fully saturated rings. The average molecular weight is 478 g/mol. The summed E-state index contributed by atoms with van der Waals surface area (Å²) >= 11 is 9.49. The van der Waals surface area contributed by atoms with Crippen molar-refractivity contribution in [3.8, 4) is 5.75 Å². The zero-order chi connectivity index (χ0) is 21.0. The molecule has 2 amide bonds. The van der Waals surface area contributed by atoms with E-state index in [-0.39, 0.29) is 17.5 Å². The molecule has 0 unspecified atom stereocenters. The molecule has 7 nitrogen and oxygen atoms in total. The Labute approximate surface area is 181 Å². The monoisotopic (exact) mass is 476 g/mol. The maximum atomic E-state index is 12.5. The van der Waals surface area contributed by atoms with Crippen LogP contribution in [0, 0.1) is 0 Å². The molecule has 0 atom stereocenters. The van der Waals surface area contributed by atoms with Gasteiger partial charge in [-0.2, -0.15) is 5.10 Å². The van der Waals surface area contributed by atoms with Crippen molar-refractivity contribution in [2.24, 2.45) is 7.05 Å². The van der Waals surface area contributed by atoms with Gasteiger partial charge in [0.25, 0.3) is 11.8 Å². The normalized spacial score (nSPS) is 10.5. The summed E-state index contributed by atoms with van der Waals surface area (Å²) in [4.78, 5) is 24.4. The molecule has 0 aliphatic rings. The van der Waals surface area contributed by atoms with Crippen molar-refractivity contribution in [2.75, 3.05) is 12.4 Å². The Morgan fingerprint density at radius 1 is 1.17 bits per heavy atom. The van der Waals surface area contributed by atoms with Gasteiger partial charge in [-0.25, -0.2) is 0 Å². The van der Waals surface area contributed by atoms with Crippen LogP contribution in [0.25, 0.3) is 0 Å². The molecule has 0 radical (unpaired) electrons. The molecule has 2 aromatic carbocycles. The number of hydrogen-bond donors (Lipinski definition) is 2. The van der Waals surface area contributed by atoms with Crippen molar-refractivity contribution < 1.29 is 14.3 Å². The highest BCUT2D eigenvalue weighted by Crippen LogP contribution is 2.28. The summed E-state index contributed by atoms with van der Waals surface area (Å²) in [6.45, 7) is 0.312. The second kappa shape index (κ2) is 9.11. The molecular formula is C20H18BrClN4O3. The minimum Gasteiger partial charge on any atom is -0.487 e. The summed E-state index contributed by atoms with van der Waals surface area (Å²) < 4.78 is 8.06. The molecule has 3 aromatic rings. The zero-order valence-electron chi connectivity index (χ0n) is 15.7. The Kier molecular flexibility index (Phi) is 6.56. The van der Waals surface area contributed by atoms with Gasteiger partial charge in [0.2, 0.25) is 0 Å². The predicted octanol–water partition coefficient (Wildman–Crippen LogP) is 4.03. The van der Waals surface area contributed by atoms with E-state index in [2.05, 4.69) is 31.7 Å². The number of amides is 2. The molecule has 0 spiro atoms. The SMILES string of the molecule is CNC(=O)c1nn(C)cc1NC(=O)c1ccc(COc2ccc(Br)cc2Cl)cc1. The molecule has 150 valence electrons. The minimum absolute atomic E-state index is 0.153. The number of benzene rings is 2. The minimum atomic E-state index is -0.375. The molecule has 3 rings (SSSR count). The number of nitrogens with zero attached hydrogens (tertiary/aromatic N) is 2. The Morgan fingerprint density at radius 3 is 2.55 bits per heavy atom. The molecule has 29 heavy (non-hydrogen) atoms. The van der Waals surface area contributed by atoms with Gasteiger partial charge >= 0.3 is 0 Å². The average Bonchev–Trinajstić information content (AvgIpc) is 3.07. The number of aryl methyl sites for hydroxylation is 1. The number of ether oxygens (including phenoxy) is 1. The third kappa shape index (κ3) is 5.16.